The van der Waals surface area contributed by atoms with Crippen molar-refractivity contribution in [2.24, 2.45) is 23.2 Å². The molecule has 0 bridgehead atoms. The maximum absolute atomic E-state index is 14.0. The zero-order valence-corrected chi connectivity index (χ0v) is 53.9. The molecule has 25 heteroatoms. The first-order valence-corrected chi connectivity index (χ1v) is 30.6. The lowest BCUT2D eigenvalue weighted by molar-refractivity contribution is -0.179. The monoisotopic (exact) mass is 1270 g/mol. The molecule has 24 nitrogen and oxygen atoms in total. The highest BCUT2D eigenvalue weighted by atomic mass is 35.5. The minimum Gasteiger partial charge on any atom is -0.495 e. The van der Waals surface area contributed by atoms with Gasteiger partial charge in [0, 0.05) is 58.5 Å². The summed E-state index contributed by atoms with van der Waals surface area (Å²) in [4.78, 5) is 122. The van der Waals surface area contributed by atoms with Crippen LogP contribution in [0.2, 0.25) is 5.02 Å². The fraction of sp³-hybridized carbons (Fsp3) is 0.609. The molecule has 0 saturated carbocycles. The van der Waals surface area contributed by atoms with Crippen molar-refractivity contribution in [2.75, 3.05) is 86.7 Å². The van der Waals surface area contributed by atoms with Crippen LogP contribution < -0.4 is 31.3 Å². The van der Waals surface area contributed by atoms with Crippen LogP contribution in [-0.2, 0) is 94.0 Å². The van der Waals surface area contributed by atoms with Gasteiger partial charge in [0.25, 0.3) is 0 Å². The van der Waals surface area contributed by atoms with E-state index in [0.717, 1.165) is 11.1 Å². The molecule has 2 aliphatic rings. The number of nitrogens with zero attached hydrogens (tertiary/aromatic N) is 1. The van der Waals surface area contributed by atoms with Crippen LogP contribution in [0.25, 0.3) is 0 Å². The first-order chi connectivity index (χ1) is 42.4. The Morgan fingerprint density at radius 2 is 1.47 bits per heavy atom. The largest absolute Gasteiger partial charge is 0.495 e. The number of rotatable bonds is 35. The van der Waals surface area contributed by atoms with Gasteiger partial charge in [-0.2, -0.15) is 0 Å². The molecular formula is C64H93ClN6O18. The standard InChI is InChI=1S/C64H93ClN6O18/c1-12-27-86-55(75)23-26-71(54(74)24-28-83-31-32-85-34-33-84-30-29-81-10)25-22-53(73)70-56(41(4)5)61(78)68-43(7)59(76)66-38-44-16-19-46(20-17-44)58-57(89-58)42(6)49-14-13-15-52(72)69-48(37-45-18-21-50(82-11)47(65)36-45)60(77)67-39-64(8,9)63(80)88-51(35-40(2)3)62(79)87-49/h12-13,15-21,36,40-43,48-49,51,56-58H,1,14,22-35,37-39H2,2-11H3,(H,66,76)(H,67,77)(H,68,78)(H,69,72)(H,70,73)/b15-13+/t42-,43-,48+,49-,51-,56-,57+,58+/m0/s1. The Morgan fingerprint density at radius 1 is 0.820 bits per heavy atom. The van der Waals surface area contributed by atoms with Gasteiger partial charge in [-0.1, -0.05) is 95.3 Å². The number of amides is 6. The number of carbonyl (C=O) groups is 9. The van der Waals surface area contributed by atoms with E-state index in [0.29, 0.717) is 49.4 Å². The van der Waals surface area contributed by atoms with Crippen molar-refractivity contribution in [2.45, 2.75) is 143 Å². The molecule has 0 radical (unpaired) electrons. The van der Waals surface area contributed by atoms with Crippen molar-refractivity contribution >= 4 is 65.0 Å². The van der Waals surface area contributed by atoms with Crippen LogP contribution in [-0.4, -0.2) is 181 Å². The zero-order valence-electron chi connectivity index (χ0n) is 53.2. The minimum absolute atomic E-state index is 0.00925. The summed E-state index contributed by atoms with van der Waals surface area (Å²) in [6, 6.07) is 9.29. The number of cyclic esters (lactones) is 2. The molecule has 494 valence electrons. The van der Waals surface area contributed by atoms with Crippen molar-refractivity contribution in [1.82, 2.24) is 31.5 Å². The van der Waals surface area contributed by atoms with Crippen molar-refractivity contribution in [3.8, 4) is 5.75 Å². The second-order valence-corrected chi connectivity index (χ2v) is 23.7. The first kappa shape index (κ1) is 74.5. The molecule has 89 heavy (non-hydrogen) atoms. The Morgan fingerprint density at radius 3 is 2.10 bits per heavy atom. The van der Waals surface area contributed by atoms with E-state index in [1.165, 1.54) is 31.1 Å². The molecule has 0 aliphatic carbocycles. The summed E-state index contributed by atoms with van der Waals surface area (Å²) >= 11 is 6.39. The van der Waals surface area contributed by atoms with Crippen LogP contribution in [0, 0.1) is 23.2 Å². The third kappa shape index (κ3) is 26.6. The molecule has 2 heterocycles. The summed E-state index contributed by atoms with van der Waals surface area (Å²) in [5, 5.41) is 14.1. The van der Waals surface area contributed by atoms with Gasteiger partial charge in [0.05, 0.1) is 82.7 Å². The Hall–Kier alpha value is -6.96. The van der Waals surface area contributed by atoms with Gasteiger partial charge in [-0.15, -0.1) is 0 Å². The number of epoxide rings is 1. The molecule has 5 N–H and O–H groups in total. The van der Waals surface area contributed by atoms with E-state index >= 15 is 0 Å². The van der Waals surface area contributed by atoms with Gasteiger partial charge in [-0.25, -0.2) is 4.79 Å². The van der Waals surface area contributed by atoms with Crippen molar-refractivity contribution in [3.05, 3.63) is 89.0 Å². The summed E-state index contributed by atoms with van der Waals surface area (Å²) in [6.07, 6.45) is 1.30. The van der Waals surface area contributed by atoms with Gasteiger partial charge in [0.1, 0.15) is 42.7 Å². The minimum atomic E-state index is -1.29. The van der Waals surface area contributed by atoms with Gasteiger partial charge in [-0.3, -0.25) is 38.4 Å². The summed E-state index contributed by atoms with van der Waals surface area (Å²) in [5.41, 5.74) is 0.907. The zero-order chi connectivity index (χ0) is 65.6. The molecule has 4 rings (SSSR count). The molecule has 1 fully saturated rings. The van der Waals surface area contributed by atoms with Crippen molar-refractivity contribution < 1.29 is 85.8 Å². The molecular weight excluding hydrogens is 1180 g/mol. The van der Waals surface area contributed by atoms with Crippen LogP contribution in [0.4, 0.5) is 0 Å². The van der Waals surface area contributed by atoms with Gasteiger partial charge in [0.15, 0.2) is 6.10 Å². The molecule has 8 atom stereocenters. The summed E-state index contributed by atoms with van der Waals surface area (Å²) in [5.74, 6) is -5.56. The lowest BCUT2D eigenvalue weighted by atomic mass is 9.92. The van der Waals surface area contributed by atoms with E-state index in [9.17, 15) is 43.2 Å². The van der Waals surface area contributed by atoms with Gasteiger partial charge in [-0.05, 0) is 73.9 Å². The number of hydrogen-bond acceptors (Lipinski definition) is 18. The average molecular weight is 1270 g/mol. The van der Waals surface area contributed by atoms with E-state index in [-0.39, 0.29) is 102 Å². The Bertz CT molecular complexity index is 2690. The Labute approximate surface area is 527 Å². The lowest BCUT2D eigenvalue weighted by Crippen LogP contribution is -2.54. The number of ether oxygens (including phenoxy) is 9. The predicted octanol–water partition coefficient (Wildman–Crippen LogP) is 4.81. The number of esters is 3. The van der Waals surface area contributed by atoms with Crippen molar-refractivity contribution in [1.29, 1.82) is 0 Å². The number of hydrogen-bond donors (Lipinski definition) is 5. The molecule has 2 aliphatic heterocycles. The molecule has 6 amide bonds. The summed E-state index contributed by atoms with van der Waals surface area (Å²) in [6.45, 7) is 19.6. The molecule has 0 aromatic heterocycles. The number of carbonyl (C=O) groups excluding carboxylic acids is 9. The summed E-state index contributed by atoms with van der Waals surface area (Å²) < 4.78 is 49.9. The third-order valence-corrected chi connectivity index (χ3v) is 14.9. The highest BCUT2D eigenvalue weighted by molar-refractivity contribution is 6.32. The fourth-order valence-corrected chi connectivity index (χ4v) is 9.47. The number of methoxy groups -OCH3 is 2. The number of nitrogens with one attached hydrogen (secondary N) is 5. The van der Waals surface area contributed by atoms with Gasteiger partial charge < -0.3 is 74.1 Å². The maximum atomic E-state index is 14.0. The molecule has 0 spiro atoms. The van der Waals surface area contributed by atoms with Crippen LogP contribution in [0.1, 0.15) is 110 Å². The molecule has 2 aromatic carbocycles. The van der Waals surface area contributed by atoms with E-state index < -0.39 is 101 Å². The third-order valence-electron chi connectivity index (χ3n) is 14.6. The van der Waals surface area contributed by atoms with Gasteiger partial charge in [0.2, 0.25) is 35.4 Å². The summed E-state index contributed by atoms with van der Waals surface area (Å²) in [7, 11) is 3.07. The van der Waals surface area contributed by atoms with Crippen LogP contribution in [0.5, 0.6) is 5.75 Å². The van der Waals surface area contributed by atoms with Crippen LogP contribution in [0.15, 0.2) is 67.3 Å². The molecule has 1 saturated heterocycles. The Kier molecular flexibility index (Phi) is 32.3. The SMILES string of the molecule is C=CCOC(=O)CCN(CCC(=O)N[C@H](C(=O)N[C@@H](C)C(=O)NCc1ccc([C@H]2O[C@@H]2[C@@H](C)[C@@H]2C/C=C/C(=O)N[C@H](Cc3ccc(OC)c(Cl)c3)C(=O)NCC(C)(C)C(=O)O[C@@H](CC(C)C)C(=O)O2)cc1)C(C)C)C(=O)CCOCCOCCOCCOC. The van der Waals surface area contributed by atoms with E-state index in [2.05, 4.69) is 33.2 Å². The lowest BCUT2D eigenvalue weighted by Gasteiger charge is -2.29. The highest BCUT2D eigenvalue weighted by Gasteiger charge is 2.48. The van der Waals surface area contributed by atoms with Crippen LogP contribution >= 0.6 is 11.6 Å². The smallest absolute Gasteiger partial charge is 0.347 e. The quantitative estimate of drug-likeness (QED) is 0.0203. The second-order valence-electron chi connectivity index (χ2n) is 23.3. The maximum Gasteiger partial charge on any atom is 0.347 e. The average Bonchev–Trinajstić information content (AvgIpc) is 2.12. The van der Waals surface area contributed by atoms with Gasteiger partial charge >= 0.3 is 17.9 Å². The molecule has 2 aromatic rings. The normalized spacial score (nSPS) is 20.1. The second kappa shape index (κ2) is 38.6. The van der Waals surface area contributed by atoms with E-state index in [1.54, 1.807) is 59.1 Å². The first-order valence-electron chi connectivity index (χ1n) is 30.2. The molecule has 0 unspecified atom stereocenters. The number of halogens is 1. The highest BCUT2D eigenvalue weighted by Crippen LogP contribution is 2.45. The Balaban J connectivity index is 1.34. The predicted molar refractivity (Wildman–Crippen MR) is 329 cm³/mol. The van der Waals surface area contributed by atoms with E-state index in [1.807, 2.05) is 45.0 Å². The number of benzene rings is 2. The van der Waals surface area contributed by atoms with Crippen LogP contribution in [0.3, 0.4) is 0 Å². The van der Waals surface area contributed by atoms with E-state index in [4.69, 9.17) is 54.2 Å². The topological polar surface area (TPSA) is 303 Å². The fourth-order valence-electron chi connectivity index (χ4n) is 9.19. The van der Waals surface area contributed by atoms with Crippen molar-refractivity contribution in [3.63, 3.8) is 0 Å².